The zero-order valence-corrected chi connectivity index (χ0v) is 13.7. The van der Waals surface area contributed by atoms with Crippen molar-refractivity contribution in [2.75, 3.05) is 6.54 Å². The topological polar surface area (TPSA) is 60.2 Å². The number of aryl methyl sites for hydroxylation is 1. The summed E-state index contributed by atoms with van der Waals surface area (Å²) in [5.74, 6) is 1.37. The van der Waals surface area contributed by atoms with Crippen molar-refractivity contribution in [2.24, 2.45) is 7.05 Å². The van der Waals surface area contributed by atoms with E-state index in [1.165, 1.54) is 0 Å². The molecular formula is C15H26N4O2. The maximum atomic E-state index is 12.3. The predicted molar refractivity (Wildman–Crippen MR) is 80.0 cm³/mol. The highest BCUT2D eigenvalue weighted by atomic mass is 16.6. The summed E-state index contributed by atoms with van der Waals surface area (Å²) in [6.45, 7) is 8.53. The van der Waals surface area contributed by atoms with Crippen LogP contribution in [0.3, 0.4) is 0 Å². The summed E-state index contributed by atoms with van der Waals surface area (Å²) in [5.41, 5.74) is -0.449. The van der Waals surface area contributed by atoms with Crippen molar-refractivity contribution in [3.05, 3.63) is 12.2 Å². The molecule has 1 saturated heterocycles. The lowest BCUT2D eigenvalue weighted by atomic mass is 9.89. The Morgan fingerprint density at radius 1 is 1.48 bits per heavy atom. The van der Waals surface area contributed by atoms with Crippen molar-refractivity contribution in [2.45, 2.75) is 64.5 Å². The van der Waals surface area contributed by atoms with Gasteiger partial charge in [0.2, 0.25) is 0 Å². The maximum Gasteiger partial charge on any atom is 0.410 e. The summed E-state index contributed by atoms with van der Waals surface area (Å²) in [6, 6.07) is 0.204. The summed E-state index contributed by atoms with van der Waals surface area (Å²) >= 11 is 0. The highest BCUT2D eigenvalue weighted by Crippen LogP contribution is 2.32. The van der Waals surface area contributed by atoms with Gasteiger partial charge in [-0.2, -0.15) is 0 Å². The van der Waals surface area contributed by atoms with E-state index in [0.717, 1.165) is 25.1 Å². The van der Waals surface area contributed by atoms with E-state index in [2.05, 4.69) is 17.1 Å². The molecule has 0 spiro atoms. The Morgan fingerprint density at radius 2 is 2.19 bits per heavy atom. The number of likely N-dealkylation sites (tertiary alicyclic amines) is 1. The quantitative estimate of drug-likeness (QED) is 0.841. The fourth-order valence-corrected chi connectivity index (χ4v) is 2.90. The second kappa shape index (κ2) is 6.03. The number of hydrogen-bond acceptors (Lipinski definition) is 4. The fraction of sp³-hybridized carbons (Fsp3) is 0.800. The molecule has 0 aliphatic carbocycles. The Bertz CT molecular complexity index is 492. The number of rotatable bonds is 2. The number of ether oxygens (including phenoxy) is 1. The van der Waals surface area contributed by atoms with Gasteiger partial charge in [0.05, 0.1) is 0 Å². The highest BCUT2D eigenvalue weighted by Gasteiger charge is 2.35. The minimum Gasteiger partial charge on any atom is -0.444 e. The molecule has 1 aromatic rings. The van der Waals surface area contributed by atoms with Crippen molar-refractivity contribution >= 4 is 6.09 Å². The van der Waals surface area contributed by atoms with E-state index < -0.39 is 5.60 Å². The van der Waals surface area contributed by atoms with Gasteiger partial charge in [-0.15, -0.1) is 10.2 Å². The molecule has 1 aliphatic rings. The highest BCUT2D eigenvalue weighted by molar-refractivity contribution is 5.68. The van der Waals surface area contributed by atoms with Gasteiger partial charge in [-0.1, -0.05) is 6.92 Å². The van der Waals surface area contributed by atoms with E-state index in [0.29, 0.717) is 12.5 Å². The molecule has 0 saturated carbocycles. The van der Waals surface area contributed by atoms with Crippen molar-refractivity contribution in [3.63, 3.8) is 0 Å². The predicted octanol–water partition coefficient (Wildman–Crippen LogP) is 2.71. The first kappa shape index (κ1) is 15.8. The lowest BCUT2D eigenvalue weighted by Crippen LogP contribution is -2.47. The lowest BCUT2D eigenvalue weighted by Gasteiger charge is -2.39. The summed E-state index contributed by atoms with van der Waals surface area (Å²) < 4.78 is 7.49. The largest absolute Gasteiger partial charge is 0.444 e. The van der Waals surface area contributed by atoms with Crippen LogP contribution in [0.5, 0.6) is 0 Å². The number of nitrogens with zero attached hydrogens (tertiary/aromatic N) is 4. The van der Waals surface area contributed by atoms with Crippen molar-refractivity contribution in [1.29, 1.82) is 0 Å². The number of aromatic nitrogens is 3. The van der Waals surface area contributed by atoms with E-state index >= 15 is 0 Å². The van der Waals surface area contributed by atoms with Gasteiger partial charge < -0.3 is 14.2 Å². The molecule has 0 radical (unpaired) electrons. The number of hydrogen-bond donors (Lipinski definition) is 0. The molecule has 6 nitrogen and oxygen atoms in total. The minimum absolute atomic E-state index is 0.203. The molecule has 1 aromatic heterocycles. The lowest BCUT2D eigenvalue weighted by molar-refractivity contribution is 0.00721. The Kier molecular flexibility index (Phi) is 4.54. The number of carbonyl (C=O) groups is 1. The first-order valence-corrected chi connectivity index (χ1v) is 7.65. The van der Waals surface area contributed by atoms with Crippen LogP contribution < -0.4 is 0 Å². The normalized spacial score (nSPS) is 23.2. The van der Waals surface area contributed by atoms with Gasteiger partial charge in [0.1, 0.15) is 17.8 Å². The standard InChI is InChI=1S/C15H26N4O2/c1-6-12-9-11(13-17-16-10-18(13)5)7-8-19(12)14(20)21-15(2,3)4/h10-12H,6-9H2,1-5H3/t11-,12-/m0/s1. The monoisotopic (exact) mass is 294 g/mol. The van der Waals surface area contributed by atoms with Crippen molar-refractivity contribution < 1.29 is 9.53 Å². The molecule has 0 aromatic carbocycles. The molecule has 21 heavy (non-hydrogen) atoms. The zero-order valence-electron chi connectivity index (χ0n) is 13.7. The molecule has 2 heterocycles. The first-order valence-electron chi connectivity index (χ1n) is 7.65. The van der Waals surface area contributed by atoms with Crippen LogP contribution in [0.25, 0.3) is 0 Å². The van der Waals surface area contributed by atoms with E-state index in [4.69, 9.17) is 4.74 Å². The van der Waals surface area contributed by atoms with Crippen LogP contribution in [0.2, 0.25) is 0 Å². The van der Waals surface area contributed by atoms with E-state index in [-0.39, 0.29) is 12.1 Å². The summed E-state index contributed by atoms with van der Waals surface area (Å²) in [4.78, 5) is 14.2. The molecule has 2 atom stereocenters. The molecular weight excluding hydrogens is 268 g/mol. The Morgan fingerprint density at radius 3 is 2.71 bits per heavy atom. The second-order valence-corrected chi connectivity index (χ2v) is 6.76. The third-order valence-electron chi connectivity index (χ3n) is 3.93. The fourth-order valence-electron chi connectivity index (χ4n) is 2.90. The number of piperidine rings is 1. The molecule has 1 fully saturated rings. The van der Waals surface area contributed by atoms with Gasteiger partial charge in [-0.25, -0.2) is 4.79 Å². The third kappa shape index (κ3) is 3.74. The number of amides is 1. The molecule has 118 valence electrons. The van der Waals surface area contributed by atoms with Gasteiger partial charge >= 0.3 is 6.09 Å². The molecule has 1 amide bonds. The van der Waals surface area contributed by atoms with E-state index in [1.54, 1.807) is 6.33 Å². The third-order valence-corrected chi connectivity index (χ3v) is 3.93. The van der Waals surface area contributed by atoms with Crippen LogP contribution in [-0.4, -0.2) is 43.9 Å². The van der Waals surface area contributed by atoms with Crippen LogP contribution in [0.1, 0.15) is 58.7 Å². The summed E-state index contributed by atoms with van der Waals surface area (Å²) in [5, 5.41) is 8.17. The van der Waals surface area contributed by atoms with Crippen LogP contribution in [0.4, 0.5) is 4.79 Å². The smallest absolute Gasteiger partial charge is 0.410 e. The molecule has 2 rings (SSSR count). The van der Waals surface area contributed by atoms with Crippen LogP contribution >= 0.6 is 0 Å². The number of carbonyl (C=O) groups excluding carboxylic acids is 1. The van der Waals surface area contributed by atoms with Gasteiger partial charge in [-0.05, 0) is 40.0 Å². The SMILES string of the molecule is CC[C@H]1C[C@@H](c2nncn2C)CCN1C(=O)OC(C)(C)C. The summed E-state index contributed by atoms with van der Waals surface area (Å²) in [6.07, 6.45) is 4.28. The molecule has 0 N–H and O–H groups in total. The van der Waals surface area contributed by atoms with E-state index in [1.807, 2.05) is 37.3 Å². The van der Waals surface area contributed by atoms with Crippen LogP contribution in [0, 0.1) is 0 Å². The van der Waals surface area contributed by atoms with Crippen LogP contribution in [-0.2, 0) is 11.8 Å². The Balaban J connectivity index is 2.05. The van der Waals surface area contributed by atoms with Crippen LogP contribution in [0.15, 0.2) is 6.33 Å². The maximum absolute atomic E-state index is 12.3. The van der Waals surface area contributed by atoms with Gasteiger partial charge in [-0.3, -0.25) is 0 Å². The zero-order chi connectivity index (χ0) is 15.6. The van der Waals surface area contributed by atoms with Crippen molar-refractivity contribution in [3.8, 4) is 0 Å². The molecule has 6 heteroatoms. The molecule has 1 aliphatic heterocycles. The minimum atomic E-state index is -0.449. The van der Waals surface area contributed by atoms with Gasteiger partial charge in [0, 0.05) is 25.6 Å². The van der Waals surface area contributed by atoms with Gasteiger partial charge in [0.15, 0.2) is 0 Å². The van der Waals surface area contributed by atoms with Crippen molar-refractivity contribution in [1.82, 2.24) is 19.7 Å². The first-order chi connectivity index (χ1) is 9.81. The average Bonchev–Trinajstić information content (AvgIpc) is 2.82. The van der Waals surface area contributed by atoms with Gasteiger partial charge in [0.25, 0.3) is 0 Å². The second-order valence-electron chi connectivity index (χ2n) is 6.76. The molecule has 0 bridgehead atoms. The Hall–Kier alpha value is -1.59. The Labute approximate surface area is 126 Å². The molecule has 0 unspecified atom stereocenters. The van der Waals surface area contributed by atoms with E-state index in [9.17, 15) is 4.79 Å². The summed E-state index contributed by atoms with van der Waals surface area (Å²) in [7, 11) is 1.97. The average molecular weight is 294 g/mol.